The van der Waals surface area contributed by atoms with Crippen LogP contribution in [0.15, 0.2) is 0 Å². The van der Waals surface area contributed by atoms with Gasteiger partial charge in [-0.05, 0) is 57.5 Å². The number of rotatable bonds is 6. The highest BCUT2D eigenvalue weighted by Crippen LogP contribution is 2.36. The Morgan fingerprint density at radius 1 is 1.11 bits per heavy atom. The lowest BCUT2D eigenvalue weighted by Crippen LogP contribution is -2.45. The molecule has 18 heavy (non-hydrogen) atoms. The molecule has 1 saturated heterocycles. The molecule has 3 atom stereocenters. The number of likely N-dealkylation sites (tertiary alicyclic amines) is 1. The lowest BCUT2D eigenvalue weighted by molar-refractivity contribution is 0.139. The first-order valence-corrected chi connectivity index (χ1v) is 8.15. The van der Waals surface area contributed by atoms with Crippen LogP contribution in [0.25, 0.3) is 0 Å². The summed E-state index contributed by atoms with van der Waals surface area (Å²) in [6, 6.07) is 1.64. The van der Waals surface area contributed by atoms with Gasteiger partial charge in [0.15, 0.2) is 0 Å². The molecular weight excluding hydrogens is 220 g/mol. The Morgan fingerprint density at radius 2 is 1.89 bits per heavy atom. The molecule has 1 heterocycles. The third kappa shape index (κ3) is 3.71. The number of fused-ring (bicyclic) bond motifs is 1. The molecule has 2 aliphatic rings. The zero-order valence-electron chi connectivity index (χ0n) is 12.6. The van der Waals surface area contributed by atoms with Crippen molar-refractivity contribution in [2.45, 2.75) is 71.4 Å². The number of nitrogens with zero attached hydrogens (tertiary/aromatic N) is 1. The van der Waals surface area contributed by atoms with Crippen LogP contribution in [-0.4, -0.2) is 36.6 Å². The second-order valence-electron chi connectivity index (χ2n) is 6.87. The number of nitrogens with one attached hydrogen (secondary N) is 1. The van der Waals surface area contributed by atoms with E-state index < -0.39 is 0 Å². The number of hydrogen-bond donors (Lipinski definition) is 1. The van der Waals surface area contributed by atoms with Crippen molar-refractivity contribution in [1.29, 1.82) is 0 Å². The van der Waals surface area contributed by atoms with Gasteiger partial charge in [0.1, 0.15) is 0 Å². The topological polar surface area (TPSA) is 15.3 Å². The molecule has 0 aromatic rings. The third-order valence-corrected chi connectivity index (χ3v) is 4.96. The zero-order chi connectivity index (χ0) is 13.0. The van der Waals surface area contributed by atoms with Crippen LogP contribution < -0.4 is 5.32 Å². The summed E-state index contributed by atoms with van der Waals surface area (Å²) in [6.07, 6.45) is 8.66. The van der Waals surface area contributed by atoms with Crippen LogP contribution in [0, 0.1) is 11.8 Å². The van der Waals surface area contributed by atoms with Gasteiger partial charge < -0.3 is 5.32 Å². The van der Waals surface area contributed by atoms with Gasteiger partial charge in [-0.15, -0.1) is 0 Å². The quantitative estimate of drug-likeness (QED) is 0.730. The lowest BCUT2D eigenvalue weighted by Gasteiger charge is -2.35. The van der Waals surface area contributed by atoms with Gasteiger partial charge in [0, 0.05) is 18.6 Å². The van der Waals surface area contributed by atoms with Crippen LogP contribution in [0.5, 0.6) is 0 Å². The zero-order valence-corrected chi connectivity index (χ0v) is 12.6. The Balaban J connectivity index is 1.70. The largest absolute Gasteiger partial charge is 0.315 e. The fraction of sp³-hybridized carbons (Fsp3) is 1.00. The second kappa shape index (κ2) is 6.91. The molecule has 2 rings (SSSR count). The lowest BCUT2D eigenvalue weighted by atomic mass is 9.85. The van der Waals surface area contributed by atoms with Crippen molar-refractivity contribution in [2.75, 3.05) is 19.6 Å². The van der Waals surface area contributed by atoms with E-state index in [9.17, 15) is 0 Å². The second-order valence-corrected chi connectivity index (χ2v) is 6.87. The molecule has 106 valence electrons. The molecule has 1 N–H and O–H groups in total. The van der Waals surface area contributed by atoms with E-state index in [2.05, 4.69) is 31.0 Å². The summed E-state index contributed by atoms with van der Waals surface area (Å²) in [5.41, 5.74) is 0. The molecule has 1 aliphatic heterocycles. The van der Waals surface area contributed by atoms with Crippen molar-refractivity contribution < 1.29 is 0 Å². The standard InChI is InChI=1S/C16H32N2/c1-13(2)8-10-17-12-14(3)18-11-9-15-6-4-5-7-16(15)18/h13-17H,4-12H2,1-3H3. The molecular formula is C16H32N2. The fourth-order valence-electron chi connectivity index (χ4n) is 3.81. The van der Waals surface area contributed by atoms with Crippen molar-refractivity contribution in [3.63, 3.8) is 0 Å². The minimum atomic E-state index is 0.727. The summed E-state index contributed by atoms with van der Waals surface area (Å²) in [6.45, 7) is 10.7. The summed E-state index contributed by atoms with van der Waals surface area (Å²) in [5.74, 6) is 1.85. The predicted octanol–water partition coefficient (Wildman–Crippen LogP) is 3.28. The molecule has 0 amide bonds. The first-order chi connectivity index (χ1) is 8.68. The van der Waals surface area contributed by atoms with Crippen LogP contribution in [0.3, 0.4) is 0 Å². The van der Waals surface area contributed by atoms with Crippen LogP contribution in [0.2, 0.25) is 0 Å². The molecule has 1 saturated carbocycles. The monoisotopic (exact) mass is 252 g/mol. The smallest absolute Gasteiger partial charge is 0.0195 e. The summed E-state index contributed by atoms with van der Waals surface area (Å²) in [5, 5.41) is 3.65. The summed E-state index contributed by atoms with van der Waals surface area (Å²) < 4.78 is 0. The third-order valence-electron chi connectivity index (χ3n) is 4.96. The summed E-state index contributed by atoms with van der Waals surface area (Å²) in [4.78, 5) is 2.80. The Bertz CT molecular complexity index is 239. The van der Waals surface area contributed by atoms with E-state index in [-0.39, 0.29) is 0 Å². The molecule has 0 bridgehead atoms. The maximum Gasteiger partial charge on any atom is 0.0195 e. The Labute approximate surface area is 114 Å². The van der Waals surface area contributed by atoms with E-state index in [0.717, 1.165) is 23.9 Å². The van der Waals surface area contributed by atoms with E-state index in [1.165, 1.54) is 58.2 Å². The average molecular weight is 252 g/mol. The van der Waals surface area contributed by atoms with E-state index in [4.69, 9.17) is 0 Å². The van der Waals surface area contributed by atoms with Gasteiger partial charge >= 0.3 is 0 Å². The van der Waals surface area contributed by atoms with E-state index in [1.54, 1.807) is 0 Å². The van der Waals surface area contributed by atoms with Gasteiger partial charge in [-0.25, -0.2) is 0 Å². The molecule has 0 aromatic heterocycles. The molecule has 3 unspecified atom stereocenters. The van der Waals surface area contributed by atoms with Gasteiger partial charge in [-0.1, -0.05) is 26.7 Å². The Morgan fingerprint density at radius 3 is 2.67 bits per heavy atom. The molecule has 0 spiro atoms. The molecule has 2 heteroatoms. The highest BCUT2D eigenvalue weighted by atomic mass is 15.2. The molecule has 1 aliphatic carbocycles. The van der Waals surface area contributed by atoms with Gasteiger partial charge in [-0.2, -0.15) is 0 Å². The SMILES string of the molecule is CC(C)CCNCC(C)N1CCC2CCCCC21. The van der Waals surface area contributed by atoms with Crippen LogP contribution in [0.4, 0.5) is 0 Å². The Hall–Kier alpha value is -0.0800. The van der Waals surface area contributed by atoms with Crippen molar-refractivity contribution in [2.24, 2.45) is 11.8 Å². The normalized spacial score (nSPS) is 30.7. The maximum absolute atomic E-state index is 3.65. The summed E-state index contributed by atoms with van der Waals surface area (Å²) >= 11 is 0. The average Bonchev–Trinajstić information content (AvgIpc) is 2.78. The van der Waals surface area contributed by atoms with Gasteiger partial charge in [0.05, 0.1) is 0 Å². The van der Waals surface area contributed by atoms with E-state index in [0.29, 0.717) is 0 Å². The van der Waals surface area contributed by atoms with Crippen molar-refractivity contribution in [1.82, 2.24) is 10.2 Å². The first kappa shape index (κ1) is 14.3. The first-order valence-electron chi connectivity index (χ1n) is 8.15. The summed E-state index contributed by atoms with van der Waals surface area (Å²) in [7, 11) is 0. The Kier molecular flexibility index (Phi) is 5.50. The highest BCUT2D eigenvalue weighted by Gasteiger charge is 2.37. The van der Waals surface area contributed by atoms with Crippen LogP contribution in [0.1, 0.15) is 59.3 Å². The fourth-order valence-corrected chi connectivity index (χ4v) is 3.81. The van der Waals surface area contributed by atoms with Crippen molar-refractivity contribution in [3.8, 4) is 0 Å². The van der Waals surface area contributed by atoms with Crippen molar-refractivity contribution >= 4 is 0 Å². The number of hydrogen-bond acceptors (Lipinski definition) is 2. The van der Waals surface area contributed by atoms with Crippen LogP contribution >= 0.6 is 0 Å². The van der Waals surface area contributed by atoms with Crippen LogP contribution in [-0.2, 0) is 0 Å². The maximum atomic E-state index is 3.65. The van der Waals surface area contributed by atoms with Gasteiger partial charge in [0.2, 0.25) is 0 Å². The predicted molar refractivity (Wildman–Crippen MR) is 78.9 cm³/mol. The molecule has 0 aromatic carbocycles. The molecule has 0 radical (unpaired) electrons. The van der Waals surface area contributed by atoms with E-state index in [1.807, 2.05) is 0 Å². The van der Waals surface area contributed by atoms with Crippen molar-refractivity contribution in [3.05, 3.63) is 0 Å². The minimum absolute atomic E-state index is 0.727. The minimum Gasteiger partial charge on any atom is -0.315 e. The van der Waals surface area contributed by atoms with E-state index >= 15 is 0 Å². The molecule has 2 fully saturated rings. The molecule has 2 nitrogen and oxygen atoms in total. The van der Waals surface area contributed by atoms with Gasteiger partial charge in [0.25, 0.3) is 0 Å². The van der Waals surface area contributed by atoms with Gasteiger partial charge in [-0.3, -0.25) is 4.90 Å². The highest BCUT2D eigenvalue weighted by molar-refractivity contribution is 4.92.